The summed E-state index contributed by atoms with van der Waals surface area (Å²) in [6, 6.07) is 4.32. The number of halogens is 2. The van der Waals surface area contributed by atoms with E-state index in [1.807, 2.05) is 0 Å². The third-order valence-electron chi connectivity index (χ3n) is 2.15. The molecule has 0 heterocycles. The predicted molar refractivity (Wildman–Crippen MR) is 56.8 cm³/mol. The molecule has 0 atom stereocenters. The highest BCUT2D eigenvalue weighted by Gasteiger charge is 2.23. The Morgan fingerprint density at radius 3 is 2.65 bits per heavy atom. The first kappa shape index (κ1) is 13.1. The monoisotopic (exact) mass is 239 g/mol. The maximum atomic E-state index is 12.8. The summed E-state index contributed by atoms with van der Waals surface area (Å²) in [5, 5.41) is 8.86. The number of benzene rings is 1. The summed E-state index contributed by atoms with van der Waals surface area (Å²) in [6.45, 7) is 3.22. The number of ether oxygens (including phenoxy) is 1. The van der Waals surface area contributed by atoms with Gasteiger partial charge in [0.05, 0.1) is 17.7 Å². The Bertz CT molecular complexity index is 478. The van der Waals surface area contributed by atoms with Crippen LogP contribution in [0.4, 0.5) is 8.78 Å². The van der Waals surface area contributed by atoms with Gasteiger partial charge in [0.25, 0.3) is 6.43 Å². The predicted octanol–water partition coefficient (Wildman–Crippen LogP) is 2.98. The Morgan fingerprint density at radius 1 is 1.53 bits per heavy atom. The van der Waals surface area contributed by atoms with Gasteiger partial charge in [0.1, 0.15) is 6.07 Å². The summed E-state index contributed by atoms with van der Waals surface area (Å²) >= 11 is 0. The molecule has 0 radical (unpaired) electrons. The molecule has 0 spiro atoms. The summed E-state index contributed by atoms with van der Waals surface area (Å²) < 4.78 is 30.3. The molecule has 0 N–H and O–H groups in total. The standard InChI is InChI=1S/C12H11F2NO2/c1-3-17-12(16)10-8(6-15)4-7(2)5-9(10)11(13)14/h4-5,11H,3H2,1-2H3. The van der Waals surface area contributed by atoms with Crippen molar-refractivity contribution in [2.24, 2.45) is 0 Å². The molecule has 1 aromatic carbocycles. The molecule has 1 aromatic rings. The van der Waals surface area contributed by atoms with Crippen LogP contribution in [0.15, 0.2) is 12.1 Å². The van der Waals surface area contributed by atoms with Crippen molar-refractivity contribution < 1.29 is 18.3 Å². The molecule has 0 fully saturated rings. The van der Waals surface area contributed by atoms with Gasteiger partial charge < -0.3 is 4.74 Å². The minimum absolute atomic E-state index is 0.0697. The fourth-order valence-electron chi connectivity index (χ4n) is 1.51. The van der Waals surface area contributed by atoms with Crippen LogP contribution in [0.5, 0.6) is 0 Å². The number of esters is 1. The number of aryl methyl sites for hydroxylation is 1. The highest BCUT2D eigenvalue weighted by molar-refractivity contribution is 5.94. The molecule has 0 unspecified atom stereocenters. The highest BCUT2D eigenvalue weighted by atomic mass is 19.3. The van der Waals surface area contributed by atoms with E-state index in [4.69, 9.17) is 5.26 Å². The fourth-order valence-corrected chi connectivity index (χ4v) is 1.51. The Labute approximate surface area is 97.6 Å². The number of hydrogen-bond donors (Lipinski definition) is 0. The average Bonchev–Trinajstić information content (AvgIpc) is 2.27. The van der Waals surface area contributed by atoms with E-state index >= 15 is 0 Å². The summed E-state index contributed by atoms with van der Waals surface area (Å²) in [5.74, 6) is -0.889. The van der Waals surface area contributed by atoms with Crippen LogP contribution in [0.25, 0.3) is 0 Å². The third kappa shape index (κ3) is 2.78. The number of hydrogen-bond acceptors (Lipinski definition) is 3. The highest BCUT2D eigenvalue weighted by Crippen LogP contribution is 2.27. The van der Waals surface area contributed by atoms with E-state index in [1.54, 1.807) is 19.9 Å². The van der Waals surface area contributed by atoms with Gasteiger partial charge in [-0.2, -0.15) is 5.26 Å². The lowest BCUT2D eigenvalue weighted by atomic mass is 9.99. The largest absolute Gasteiger partial charge is 0.462 e. The molecule has 0 saturated carbocycles. The minimum atomic E-state index is -2.82. The van der Waals surface area contributed by atoms with Crippen LogP contribution >= 0.6 is 0 Å². The van der Waals surface area contributed by atoms with Crippen molar-refractivity contribution in [1.29, 1.82) is 5.26 Å². The molecule has 0 aliphatic carbocycles. The van der Waals surface area contributed by atoms with Gasteiger partial charge in [0.15, 0.2) is 0 Å². The SMILES string of the molecule is CCOC(=O)c1c(C#N)cc(C)cc1C(F)F. The van der Waals surface area contributed by atoms with Gasteiger partial charge in [0, 0.05) is 5.56 Å². The van der Waals surface area contributed by atoms with Gasteiger partial charge >= 0.3 is 5.97 Å². The maximum absolute atomic E-state index is 12.8. The molecule has 0 bridgehead atoms. The van der Waals surface area contributed by atoms with Crippen LogP contribution in [-0.2, 0) is 4.74 Å². The van der Waals surface area contributed by atoms with Crippen molar-refractivity contribution >= 4 is 5.97 Å². The fraction of sp³-hybridized carbons (Fsp3) is 0.333. The van der Waals surface area contributed by atoms with Crippen LogP contribution in [0.1, 0.15) is 40.4 Å². The molecule has 3 nitrogen and oxygen atoms in total. The smallest absolute Gasteiger partial charge is 0.339 e. The summed E-state index contributed by atoms with van der Waals surface area (Å²) in [7, 11) is 0. The number of carbonyl (C=O) groups is 1. The number of alkyl halides is 2. The molecular weight excluding hydrogens is 228 g/mol. The molecule has 0 saturated heterocycles. The van der Waals surface area contributed by atoms with E-state index in [0.717, 1.165) is 0 Å². The summed E-state index contributed by atoms with van der Waals surface area (Å²) in [6.07, 6.45) is -2.82. The van der Waals surface area contributed by atoms with Crippen molar-refractivity contribution in [3.05, 3.63) is 34.4 Å². The number of nitriles is 1. The van der Waals surface area contributed by atoms with Crippen LogP contribution in [0.2, 0.25) is 0 Å². The zero-order valence-corrected chi connectivity index (χ0v) is 9.46. The van der Waals surface area contributed by atoms with E-state index in [9.17, 15) is 13.6 Å². The van der Waals surface area contributed by atoms with Crippen molar-refractivity contribution in [3.63, 3.8) is 0 Å². The topological polar surface area (TPSA) is 50.1 Å². The van der Waals surface area contributed by atoms with E-state index in [1.165, 1.54) is 12.1 Å². The number of nitrogens with zero attached hydrogens (tertiary/aromatic N) is 1. The molecule has 0 aromatic heterocycles. The quantitative estimate of drug-likeness (QED) is 0.762. The molecule has 90 valence electrons. The molecule has 5 heteroatoms. The van der Waals surface area contributed by atoms with Gasteiger partial charge in [-0.1, -0.05) is 0 Å². The molecular formula is C12H11F2NO2. The van der Waals surface area contributed by atoms with Crippen molar-refractivity contribution in [3.8, 4) is 6.07 Å². The number of carbonyl (C=O) groups excluding carboxylic acids is 1. The van der Waals surface area contributed by atoms with E-state index in [0.29, 0.717) is 5.56 Å². The summed E-state index contributed by atoms with van der Waals surface area (Å²) in [5.41, 5.74) is -0.376. The Hall–Kier alpha value is -1.96. The van der Waals surface area contributed by atoms with Crippen LogP contribution in [0, 0.1) is 18.3 Å². The van der Waals surface area contributed by atoms with Gasteiger partial charge in [-0.15, -0.1) is 0 Å². The Morgan fingerprint density at radius 2 is 2.18 bits per heavy atom. The van der Waals surface area contributed by atoms with Gasteiger partial charge in [-0.25, -0.2) is 13.6 Å². The van der Waals surface area contributed by atoms with E-state index in [-0.39, 0.29) is 17.7 Å². The molecule has 0 aliphatic heterocycles. The lowest BCUT2D eigenvalue weighted by molar-refractivity contribution is 0.0515. The van der Waals surface area contributed by atoms with Gasteiger partial charge in [-0.05, 0) is 31.5 Å². The second kappa shape index (κ2) is 5.39. The zero-order valence-electron chi connectivity index (χ0n) is 9.46. The first-order valence-corrected chi connectivity index (χ1v) is 5.01. The van der Waals surface area contributed by atoms with Crippen LogP contribution < -0.4 is 0 Å². The zero-order chi connectivity index (χ0) is 13.0. The normalized spacial score (nSPS) is 10.1. The maximum Gasteiger partial charge on any atom is 0.339 e. The second-order valence-electron chi connectivity index (χ2n) is 3.41. The molecule has 17 heavy (non-hydrogen) atoms. The van der Waals surface area contributed by atoms with E-state index in [2.05, 4.69) is 4.74 Å². The Kier molecular flexibility index (Phi) is 4.16. The van der Waals surface area contributed by atoms with Gasteiger partial charge in [-0.3, -0.25) is 0 Å². The van der Waals surface area contributed by atoms with Crippen molar-refractivity contribution in [2.45, 2.75) is 20.3 Å². The van der Waals surface area contributed by atoms with Crippen molar-refractivity contribution in [1.82, 2.24) is 0 Å². The summed E-state index contributed by atoms with van der Waals surface area (Å²) in [4.78, 5) is 11.6. The second-order valence-corrected chi connectivity index (χ2v) is 3.41. The molecule has 0 amide bonds. The lowest BCUT2D eigenvalue weighted by Crippen LogP contribution is -2.11. The van der Waals surface area contributed by atoms with Crippen molar-refractivity contribution in [2.75, 3.05) is 6.61 Å². The lowest BCUT2D eigenvalue weighted by Gasteiger charge is -2.11. The minimum Gasteiger partial charge on any atom is -0.462 e. The molecule has 0 aliphatic rings. The van der Waals surface area contributed by atoms with E-state index < -0.39 is 18.0 Å². The average molecular weight is 239 g/mol. The third-order valence-corrected chi connectivity index (χ3v) is 2.15. The first-order chi connectivity index (χ1) is 8.01. The Balaban J connectivity index is 3.43. The van der Waals surface area contributed by atoms with Gasteiger partial charge in [0.2, 0.25) is 0 Å². The van der Waals surface area contributed by atoms with Crippen LogP contribution in [0.3, 0.4) is 0 Å². The number of rotatable bonds is 3. The first-order valence-electron chi connectivity index (χ1n) is 5.01. The van der Waals surface area contributed by atoms with Crippen LogP contribution in [-0.4, -0.2) is 12.6 Å². The molecule has 1 rings (SSSR count).